The summed E-state index contributed by atoms with van der Waals surface area (Å²) in [5.74, 6) is -2.55. The number of nitrogens with one attached hydrogen (secondary N) is 1. The Morgan fingerprint density at radius 2 is 1.83 bits per heavy atom. The molecule has 5 heteroatoms. The largest absolute Gasteiger partial charge is 0.480 e. The third kappa shape index (κ3) is 3.29. The van der Waals surface area contributed by atoms with Crippen LogP contribution in [0.2, 0.25) is 0 Å². The smallest absolute Gasteiger partial charge is 0.326 e. The van der Waals surface area contributed by atoms with Gasteiger partial charge >= 0.3 is 5.97 Å². The number of hydrogen-bond donors (Lipinski definition) is 2. The first-order valence-electron chi connectivity index (χ1n) is 5.51. The van der Waals surface area contributed by atoms with E-state index in [0.717, 1.165) is 6.07 Å². The molecule has 1 aromatic rings. The maximum Gasteiger partial charge on any atom is 0.326 e. The van der Waals surface area contributed by atoms with Crippen LogP contribution < -0.4 is 5.32 Å². The van der Waals surface area contributed by atoms with E-state index in [9.17, 15) is 14.0 Å². The Morgan fingerprint density at radius 3 is 2.28 bits per heavy atom. The molecule has 4 nitrogen and oxygen atoms in total. The number of carbonyl (C=O) groups excluding carboxylic acids is 1. The summed E-state index contributed by atoms with van der Waals surface area (Å²) in [5, 5.41) is 11.4. The van der Waals surface area contributed by atoms with Crippen molar-refractivity contribution in [3.05, 3.63) is 35.6 Å². The molecule has 18 heavy (non-hydrogen) atoms. The second-order valence-electron chi connectivity index (χ2n) is 5.09. The van der Waals surface area contributed by atoms with Crippen LogP contribution in [0.3, 0.4) is 0 Å². The molecule has 0 saturated carbocycles. The summed E-state index contributed by atoms with van der Waals surface area (Å²) in [7, 11) is 0. The molecule has 2 N–H and O–H groups in total. The quantitative estimate of drug-likeness (QED) is 0.866. The summed E-state index contributed by atoms with van der Waals surface area (Å²) in [6.07, 6.45) is 0. The van der Waals surface area contributed by atoms with Gasteiger partial charge in [-0.05, 0) is 17.5 Å². The first-order valence-corrected chi connectivity index (χ1v) is 5.51. The molecule has 1 amide bonds. The second-order valence-corrected chi connectivity index (χ2v) is 5.09. The zero-order valence-corrected chi connectivity index (χ0v) is 10.5. The van der Waals surface area contributed by atoms with Gasteiger partial charge in [-0.25, -0.2) is 9.18 Å². The van der Waals surface area contributed by atoms with Gasteiger partial charge < -0.3 is 10.4 Å². The fraction of sp³-hybridized carbons (Fsp3) is 0.385. The van der Waals surface area contributed by atoms with Crippen molar-refractivity contribution in [3.63, 3.8) is 0 Å². The highest BCUT2D eigenvalue weighted by Gasteiger charge is 2.33. The molecule has 0 aliphatic rings. The molecule has 0 aromatic heterocycles. The topological polar surface area (TPSA) is 66.4 Å². The van der Waals surface area contributed by atoms with Crippen LogP contribution in [0.15, 0.2) is 24.3 Å². The van der Waals surface area contributed by atoms with Crippen molar-refractivity contribution >= 4 is 11.9 Å². The first-order chi connectivity index (χ1) is 8.23. The van der Waals surface area contributed by atoms with Crippen LogP contribution in [0.1, 0.15) is 31.1 Å². The minimum Gasteiger partial charge on any atom is -0.480 e. The van der Waals surface area contributed by atoms with Crippen LogP contribution in [-0.4, -0.2) is 23.0 Å². The Labute approximate surface area is 105 Å². The van der Waals surface area contributed by atoms with Crippen LogP contribution in [0.4, 0.5) is 4.39 Å². The van der Waals surface area contributed by atoms with Crippen molar-refractivity contribution in [1.82, 2.24) is 5.32 Å². The van der Waals surface area contributed by atoms with E-state index >= 15 is 0 Å². The molecule has 1 unspecified atom stereocenters. The number of amides is 1. The Balaban J connectivity index is 2.93. The molecule has 1 atom stereocenters. The van der Waals surface area contributed by atoms with Crippen LogP contribution in [-0.2, 0) is 4.79 Å². The van der Waals surface area contributed by atoms with E-state index in [2.05, 4.69) is 5.32 Å². The van der Waals surface area contributed by atoms with Gasteiger partial charge in [-0.1, -0.05) is 32.9 Å². The standard InChI is InChI=1S/C13H16FNO3/c1-13(2,3)10(12(17)18)15-11(16)8-6-4-5-7-9(8)14/h4-7,10H,1-3H3,(H,15,16)(H,17,18). The van der Waals surface area contributed by atoms with Gasteiger partial charge in [-0.15, -0.1) is 0 Å². The third-order valence-corrected chi connectivity index (χ3v) is 2.51. The summed E-state index contributed by atoms with van der Waals surface area (Å²) < 4.78 is 13.4. The molecule has 0 radical (unpaired) electrons. The summed E-state index contributed by atoms with van der Waals surface area (Å²) in [6, 6.07) is 4.37. The zero-order valence-electron chi connectivity index (χ0n) is 10.5. The monoisotopic (exact) mass is 253 g/mol. The lowest BCUT2D eigenvalue weighted by Crippen LogP contribution is -2.49. The number of carbonyl (C=O) groups is 2. The molecule has 1 rings (SSSR count). The van der Waals surface area contributed by atoms with Crippen molar-refractivity contribution in [2.75, 3.05) is 0 Å². The van der Waals surface area contributed by atoms with Crippen molar-refractivity contribution in [1.29, 1.82) is 0 Å². The predicted molar refractivity (Wildman–Crippen MR) is 64.7 cm³/mol. The van der Waals surface area contributed by atoms with Crippen LogP contribution in [0, 0.1) is 11.2 Å². The summed E-state index contributed by atoms with van der Waals surface area (Å²) >= 11 is 0. The van der Waals surface area contributed by atoms with Crippen molar-refractivity contribution < 1.29 is 19.1 Å². The van der Waals surface area contributed by atoms with Crippen LogP contribution >= 0.6 is 0 Å². The van der Waals surface area contributed by atoms with E-state index in [1.54, 1.807) is 20.8 Å². The summed E-state index contributed by atoms with van der Waals surface area (Å²) in [6.45, 7) is 5.06. The normalized spacial score (nSPS) is 12.9. The number of hydrogen-bond acceptors (Lipinski definition) is 2. The predicted octanol–water partition coefficient (Wildman–Crippen LogP) is 2.05. The molecule has 0 spiro atoms. The molecule has 0 fully saturated rings. The Morgan fingerprint density at radius 1 is 1.28 bits per heavy atom. The van der Waals surface area contributed by atoms with Gasteiger partial charge in [0.05, 0.1) is 5.56 Å². The van der Waals surface area contributed by atoms with Crippen molar-refractivity contribution in [3.8, 4) is 0 Å². The second kappa shape index (κ2) is 5.16. The highest BCUT2D eigenvalue weighted by molar-refractivity contribution is 5.96. The maximum atomic E-state index is 13.4. The van der Waals surface area contributed by atoms with E-state index in [-0.39, 0.29) is 5.56 Å². The number of halogens is 1. The Hall–Kier alpha value is -1.91. The van der Waals surface area contributed by atoms with Crippen molar-refractivity contribution in [2.24, 2.45) is 5.41 Å². The van der Waals surface area contributed by atoms with Gasteiger partial charge in [-0.3, -0.25) is 4.79 Å². The van der Waals surface area contributed by atoms with Gasteiger partial charge in [0.1, 0.15) is 11.9 Å². The average Bonchev–Trinajstić information content (AvgIpc) is 2.24. The summed E-state index contributed by atoms with van der Waals surface area (Å²) in [5.41, 5.74) is -0.819. The molecular weight excluding hydrogens is 237 g/mol. The van der Waals surface area contributed by atoms with E-state index in [4.69, 9.17) is 5.11 Å². The molecule has 0 saturated heterocycles. The van der Waals surface area contributed by atoms with E-state index in [1.807, 2.05) is 0 Å². The van der Waals surface area contributed by atoms with E-state index in [1.165, 1.54) is 18.2 Å². The minimum atomic E-state index is -1.15. The number of carboxylic acid groups (broad SMARTS) is 1. The molecule has 0 heterocycles. The molecule has 0 bridgehead atoms. The summed E-state index contributed by atoms with van der Waals surface area (Å²) in [4.78, 5) is 22.9. The molecule has 0 aliphatic heterocycles. The molecule has 1 aromatic carbocycles. The number of rotatable bonds is 3. The van der Waals surface area contributed by atoms with Gasteiger partial charge in [0.2, 0.25) is 0 Å². The Kier molecular flexibility index (Phi) is 4.06. The van der Waals surface area contributed by atoms with Gasteiger partial charge in [0.15, 0.2) is 0 Å². The maximum absolute atomic E-state index is 13.4. The Bertz CT molecular complexity index is 466. The zero-order chi connectivity index (χ0) is 13.9. The molecule has 0 aliphatic carbocycles. The fourth-order valence-electron chi connectivity index (χ4n) is 1.50. The van der Waals surface area contributed by atoms with Gasteiger partial charge in [-0.2, -0.15) is 0 Å². The van der Waals surface area contributed by atoms with Crippen LogP contribution in [0.25, 0.3) is 0 Å². The molecule has 98 valence electrons. The van der Waals surface area contributed by atoms with E-state index < -0.39 is 29.2 Å². The lowest BCUT2D eigenvalue weighted by Gasteiger charge is -2.27. The SMILES string of the molecule is CC(C)(C)C(NC(=O)c1ccccc1F)C(=O)O. The number of benzene rings is 1. The highest BCUT2D eigenvalue weighted by atomic mass is 19.1. The average molecular weight is 253 g/mol. The van der Waals surface area contributed by atoms with Crippen LogP contribution in [0.5, 0.6) is 0 Å². The van der Waals surface area contributed by atoms with Crippen molar-refractivity contribution in [2.45, 2.75) is 26.8 Å². The third-order valence-electron chi connectivity index (χ3n) is 2.51. The number of aliphatic carboxylic acids is 1. The first kappa shape index (κ1) is 14.2. The van der Waals surface area contributed by atoms with Gasteiger partial charge in [0, 0.05) is 0 Å². The highest BCUT2D eigenvalue weighted by Crippen LogP contribution is 2.20. The minimum absolute atomic E-state index is 0.159. The van der Waals surface area contributed by atoms with Gasteiger partial charge in [0.25, 0.3) is 5.91 Å². The van der Waals surface area contributed by atoms with E-state index in [0.29, 0.717) is 0 Å². The molecular formula is C13H16FNO3. The lowest BCUT2D eigenvalue weighted by atomic mass is 9.86. The lowest BCUT2D eigenvalue weighted by molar-refractivity contribution is -0.142. The fourth-order valence-corrected chi connectivity index (χ4v) is 1.50. The number of carboxylic acids is 1.